The van der Waals surface area contributed by atoms with E-state index < -0.39 is 15.6 Å². The van der Waals surface area contributed by atoms with Crippen LogP contribution in [0.25, 0.3) is 10.8 Å². The number of unbranched alkanes of at least 4 members (excludes halogenated alkanes) is 9. The monoisotopic (exact) mass is 490 g/mol. The van der Waals surface area contributed by atoms with Gasteiger partial charge in [-0.2, -0.15) is 21.6 Å². The van der Waals surface area contributed by atoms with Gasteiger partial charge in [0.1, 0.15) is 0 Å². The van der Waals surface area contributed by atoms with Crippen molar-refractivity contribution in [2.75, 3.05) is 6.26 Å². The third kappa shape index (κ3) is 8.18. The molecule has 0 saturated carbocycles. The number of hydrogen-bond donors (Lipinski definition) is 0. The van der Waals surface area contributed by atoms with E-state index >= 15 is 0 Å². The van der Waals surface area contributed by atoms with Crippen LogP contribution in [0.4, 0.5) is 13.2 Å². The van der Waals surface area contributed by atoms with Gasteiger partial charge in [-0.15, -0.1) is 11.8 Å². The maximum atomic E-state index is 12.7. The normalized spacial score (nSPS) is 12.4. The molecular formula is C24H33F3O3S2. The minimum Gasteiger partial charge on any atom is -0.375 e. The van der Waals surface area contributed by atoms with Crippen LogP contribution < -0.4 is 4.18 Å². The first-order chi connectivity index (χ1) is 15.2. The van der Waals surface area contributed by atoms with E-state index in [1.807, 2.05) is 18.2 Å². The second-order valence-electron chi connectivity index (χ2n) is 8.10. The van der Waals surface area contributed by atoms with Gasteiger partial charge in [0, 0.05) is 0 Å². The van der Waals surface area contributed by atoms with Gasteiger partial charge in [0.05, 0.1) is 4.90 Å². The minimum atomic E-state index is -5.71. The van der Waals surface area contributed by atoms with Crippen molar-refractivity contribution in [2.45, 2.75) is 88.0 Å². The van der Waals surface area contributed by atoms with Gasteiger partial charge < -0.3 is 4.18 Å². The fraction of sp³-hybridized carbons (Fsp3) is 0.583. The number of thioether (sulfide) groups is 1. The summed E-state index contributed by atoms with van der Waals surface area (Å²) in [6.07, 6.45) is 15.1. The molecule has 0 aliphatic heterocycles. The molecule has 0 saturated heterocycles. The number of rotatable bonds is 14. The summed E-state index contributed by atoms with van der Waals surface area (Å²) in [5.41, 5.74) is -4.38. The van der Waals surface area contributed by atoms with Crippen LogP contribution in [-0.2, 0) is 16.5 Å². The lowest BCUT2D eigenvalue weighted by molar-refractivity contribution is -0.0500. The third-order valence-electron chi connectivity index (χ3n) is 5.49. The van der Waals surface area contributed by atoms with Gasteiger partial charge in [-0.3, -0.25) is 0 Å². The lowest BCUT2D eigenvalue weighted by atomic mass is 10.0. The molecule has 0 fully saturated rings. The Morgan fingerprint density at radius 2 is 1.44 bits per heavy atom. The van der Waals surface area contributed by atoms with Gasteiger partial charge in [0.15, 0.2) is 5.75 Å². The second kappa shape index (κ2) is 12.7. The van der Waals surface area contributed by atoms with Gasteiger partial charge in [0.25, 0.3) is 0 Å². The van der Waals surface area contributed by atoms with Crippen molar-refractivity contribution in [2.24, 2.45) is 0 Å². The zero-order chi connectivity index (χ0) is 23.6. The number of alkyl halides is 3. The number of hydrogen-bond acceptors (Lipinski definition) is 4. The van der Waals surface area contributed by atoms with Crippen LogP contribution in [0.3, 0.4) is 0 Å². The highest BCUT2D eigenvalue weighted by Crippen LogP contribution is 2.36. The van der Waals surface area contributed by atoms with Gasteiger partial charge in [-0.05, 0) is 47.6 Å². The summed E-state index contributed by atoms with van der Waals surface area (Å²) in [7, 11) is -5.71. The van der Waals surface area contributed by atoms with E-state index in [4.69, 9.17) is 0 Å². The van der Waals surface area contributed by atoms with Crippen LogP contribution in [0.2, 0.25) is 0 Å². The zero-order valence-corrected chi connectivity index (χ0v) is 20.5. The summed E-state index contributed by atoms with van der Waals surface area (Å²) in [5.74, 6) is -0.293. The summed E-state index contributed by atoms with van der Waals surface area (Å²) in [6, 6.07) is 8.88. The van der Waals surface area contributed by atoms with Crippen molar-refractivity contribution in [3.05, 3.63) is 35.9 Å². The predicted molar refractivity (Wildman–Crippen MR) is 127 cm³/mol. The molecule has 0 aliphatic carbocycles. The molecule has 0 aliphatic rings. The van der Waals surface area contributed by atoms with E-state index in [1.54, 1.807) is 12.3 Å². The van der Waals surface area contributed by atoms with E-state index in [2.05, 4.69) is 11.1 Å². The standard InChI is InChI=1S/C24H33F3O3S2/c1-3-4-5-6-7-8-9-10-11-12-13-19-14-15-20-18-23(31-2)22(17-21(20)16-19)30-32(28,29)24(25,26)27/h14-18H,3-13H2,1-2H3. The van der Waals surface area contributed by atoms with Crippen molar-refractivity contribution >= 4 is 32.7 Å². The van der Waals surface area contributed by atoms with Crippen LogP contribution in [0.15, 0.2) is 35.2 Å². The quantitative estimate of drug-likeness (QED) is 0.116. The third-order valence-corrected chi connectivity index (χ3v) is 7.21. The number of aryl methyl sites for hydroxylation is 1. The fourth-order valence-corrected chi connectivity index (χ4v) is 4.74. The largest absolute Gasteiger partial charge is 0.534 e. The summed E-state index contributed by atoms with van der Waals surface area (Å²) in [5, 5.41) is 1.50. The van der Waals surface area contributed by atoms with E-state index in [0.717, 1.165) is 42.0 Å². The zero-order valence-electron chi connectivity index (χ0n) is 18.8. The Kier molecular flexibility index (Phi) is 10.7. The Bertz CT molecular complexity index is 957. The van der Waals surface area contributed by atoms with E-state index in [1.165, 1.54) is 57.4 Å². The van der Waals surface area contributed by atoms with Crippen LogP contribution in [0, 0.1) is 0 Å². The second-order valence-corrected chi connectivity index (χ2v) is 10.5. The Morgan fingerprint density at radius 3 is 2.00 bits per heavy atom. The molecule has 32 heavy (non-hydrogen) atoms. The molecule has 0 aromatic heterocycles. The van der Waals surface area contributed by atoms with Gasteiger partial charge in [0.2, 0.25) is 0 Å². The molecule has 0 radical (unpaired) electrons. The highest BCUT2D eigenvalue weighted by molar-refractivity contribution is 7.98. The Balaban J connectivity index is 1.94. The SMILES string of the molecule is CCCCCCCCCCCCc1ccc2cc(SC)c(OS(=O)(=O)C(F)(F)F)cc2c1. The molecule has 2 aromatic rings. The van der Waals surface area contributed by atoms with E-state index in [9.17, 15) is 21.6 Å². The molecule has 3 nitrogen and oxygen atoms in total. The maximum Gasteiger partial charge on any atom is 0.534 e. The van der Waals surface area contributed by atoms with Crippen molar-refractivity contribution in [1.82, 2.24) is 0 Å². The molecule has 0 amide bonds. The summed E-state index contributed by atoms with van der Waals surface area (Å²) in [4.78, 5) is 0.341. The first-order valence-corrected chi connectivity index (χ1v) is 13.9. The topological polar surface area (TPSA) is 43.4 Å². The molecule has 0 heterocycles. The van der Waals surface area contributed by atoms with Crippen molar-refractivity contribution in [1.29, 1.82) is 0 Å². The summed E-state index contributed by atoms with van der Waals surface area (Å²) in [6.45, 7) is 2.22. The molecule has 0 unspecified atom stereocenters. The van der Waals surface area contributed by atoms with E-state index in [-0.39, 0.29) is 5.75 Å². The number of benzene rings is 2. The van der Waals surface area contributed by atoms with Crippen LogP contribution in [0.5, 0.6) is 5.75 Å². The minimum absolute atomic E-state index is 0.293. The maximum absolute atomic E-state index is 12.7. The lowest BCUT2D eigenvalue weighted by Crippen LogP contribution is -2.28. The summed E-state index contributed by atoms with van der Waals surface area (Å²) < 4.78 is 65.5. The Morgan fingerprint density at radius 1 is 0.844 bits per heavy atom. The molecular weight excluding hydrogens is 457 g/mol. The fourth-order valence-electron chi connectivity index (χ4n) is 3.67. The molecule has 0 N–H and O–H groups in total. The number of fused-ring (bicyclic) bond motifs is 1. The molecule has 2 aromatic carbocycles. The molecule has 2 rings (SSSR count). The lowest BCUT2D eigenvalue weighted by Gasteiger charge is -2.13. The predicted octanol–water partition coefficient (Wildman–Crippen LogP) is 8.25. The molecule has 180 valence electrons. The van der Waals surface area contributed by atoms with Crippen LogP contribution in [0.1, 0.15) is 76.7 Å². The molecule has 0 atom stereocenters. The average Bonchev–Trinajstić information content (AvgIpc) is 2.73. The van der Waals surface area contributed by atoms with Gasteiger partial charge in [-0.25, -0.2) is 0 Å². The van der Waals surface area contributed by atoms with Crippen molar-refractivity contribution in [3.63, 3.8) is 0 Å². The van der Waals surface area contributed by atoms with E-state index in [0.29, 0.717) is 10.3 Å². The molecule has 0 bridgehead atoms. The Hall–Kier alpha value is -1.41. The number of halogens is 3. The Labute approximate surface area is 194 Å². The molecule has 8 heteroatoms. The van der Waals surface area contributed by atoms with Crippen molar-refractivity contribution < 1.29 is 25.8 Å². The first-order valence-electron chi connectivity index (χ1n) is 11.3. The summed E-state index contributed by atoms with van der Waals surface area (Å²) >= 11 is 1.14. The van der Waals surface area contributed by atoms with Crippen molar-refractivity contribution in [3.8, 4) is 5.75 Å². The van der Waals surface area contributed by atoms with Crippen LogP contribution >= 0.6 is 11.8 Å². The van der Waals surface area contributed by atoms with Gasteiger partial charge >= 0.3 is 15.6 Å². The smallest absolute Gasteiger partial charge is 0.375 e. The highest BCUT2D eigenvalue weighted by Gasteiger charge is 2.48. The first kappa shape index (κ1) is 26.8. The van der Waals surface area contributed by atoms with Crippen LogP contribution in [-0.4, -0.2) is 20.2 Å². The van der Waals surface area contributed by atoms with Gasteiger partial charge in [-0.1, -0.05) is 82.9 Å². The average molecular weight is 491 g/mol. The molecule has 0 spiro atoms. The highest BCUT2D eigenvalue weighted by atomic mass is 32.2.